The highest BCUT2D eigenvalue weighted by Crippen LogP contribution is 2.25. The monoisotopic (exact) mass is 438 g/mol. The van der Waals surface area contributed by atoms with Crippen molar-refractivity contribution in [3.8, 4) is 11.1 Å². The third-order valence-electron chi connectivity index (χ3n) is 5.85. The SMILES string of the molecule is CNCOCc1ccc2c(c1)C(=O)N(CCc1cccc(-c3cccc(C)c3)c1)C=C=C2C. The molecule has 1 N–H and O–H groups in total. The molecule has 33 heavy (non-hydrogen) atoms. The number of aryl methyl sites for hydroxylation is 1. The lowest BCUT2D eigenvalue weighted by molar-refractivity contribution is 0.0823. The number of rotatable bonds is 8. The summed E-state index contributed by atoms with van der Waals surface area (Å²) >= 11 is 0. The maximum atomic E-state index is 13.4. The van der Waals surface area contributed by atoms with Gasteiger partial charge >= 0.3 is 0 Å². The Labute approximate surface area is 196 Å². The first-order valence-corrected chi connectivity index (χ1v) is 11.3. The largest absolute Gasteiger partial charge is 0.362 e. The van der Waals surface area contributed by atoms with Crippen molar-refractivity contribution in [2.75, 3.05) is 20.3 Å². The van der Waals surface area contributed by atoms with Crippen LogP contribution in [0.1, 0.15) is 39.5 Å². The molecule has 168 valence electrons. The van der Waals surface area contributed by atoms with Gasteiger partial charge in [-0.1, -0.05) is 72.0 Å². The van der Waals surface area contributed by atoms with E-state index in [1.54, 1.807) is 11.1 Å². The molecule has 0 radical (unpaired) electrons. The molecule has 4 heteroatoms. The Morgan fingerprint density at radius 2 is 1.70 bits per heavy atom. The molecule has 1 aliphatic heterocycles. The van der Waals surface area contributed by atoms with Gasteiger partial charge in [-0.25, -0.2) is 0 Å². The van der Waals surface area contributed by atoms with Gasteiger partial charge < -0.3 is 9.64 Å². The number of amides is 1. The molecule has 3 aromatic rings. The molecule has 4 nitrogen and oxygen atoms in total. The van der Waals surface area contributed by atoms with E-state index in [-0.39, 0.29) is 5.91 Å². The number of carbonyl (C=O) groups is 1. The highest BCUT2D eigenvalue weighted by molar-refractivity contribution is 6.00. The van der Waals surface area contributed by atoms with Crippen LogP contribution in [0.25, 0.3) is 16.7 Å². The summed E-state index contributed by atoms with van der Waals surface area (Å²) in [7, 11) is 1.84. The summed E-state index contributed by atoms with van der Waals surface area (Å²) in [5.41, 5.74) is 11.7. The number of benzene rings is 3. The van der Waals surface area contributed by atoms with E-state index in [2.05, 4.69) is 66.5 Å². The number of allylic oxidation sites excluding steroid dienone is 1. The number of fused-ring (bicyclic) bond motifs is 1. The Morgan fingerprint density at radius 1 is 0.909 bits per heavy atom. The second kappa shape index (κ2) is 10.5. The smallest absolute Gasteiger partial charge is 0.258 e. The van der Waals surface area contributed by atoms with Gasteiger partial charge in [0.2, 0.25) is 0 Å². The number of nitrogens with one attached hydrogen (secondary N) is 1. The molecule has 1 aliphatic rings. The molecule has 4 rings (SSSR count). The quantitative estimate of drug-likeness (QED) is 0.284. The third kappa shape index (κ3) is 5.50. The molecular weight excluding hydrogens is 408 g/mol. The van der Waals surface area contributed by atoms with Gasteiger partial charge in [0.05, 0.1) is 13.3 Å². The number of nitrogens with zero attached hydrogens (tertiary/aromatic N) is 1. The summed E-state index contributed by atoms with van der Waals surface area (Å²) in [5.74, 6) is -0.000319. The molecule has 0 aromatic heterocycles. The second-order valence-corrected chi connectivity index (χ2v) is 8.44. The van der Waals surface area contributed by atoms with Gasteiger partial charge in [0.25, 0.3) is 5.91 Å². The summed E-state index contributed by atoms with van der Waals surface area (Å²) in [6.07, 6.45) is 2.56. The lowest BCUT2D eigenvalue weighted by Crippen LogP contribution is -2.28. The van der Waals surface area contributed by atoms with Gasteiger partial charge in [-0.2, -0.15) is 0 Å². The minimum Gasteiger partial charge on any atom is -0.362 e. The zero-order valence-corrected chi connectivity index (χ0v) is 19.5. The fourth-order valence-electron chi connectivity index (χ4n) is 4.07. The number of ether oxygens (including phenoxy) is 1. The average molecular weight is 439 g/mol. The van der Waals surface area contributed by atoms with Crippen molar-refractivity contribution < 1.29 is 9.53 Å². The van der Waals surface area contributed by atoms with E-state index >= 15 is 0 Å². The van der Waals surface area contributed by atoms with Crippen LogP contribution in [0.4, 0.5) is 0 Å². The van der Waals surface area contributed by atoms with Gasteiger partial charge in [-0.3, -0.25) is 10.1 Å². The minimum absolute atomic E-state index is 0.000319. The van der Waals surface area contributed by atoms with E-state index in [1.807, 2.05) is 32.2 Å². The van der Waals surface area contributed by atoms with Crippen LogP contribution in [0.5, 0.6) is 0 Å². The fraction of sp³-hybridized carbons (Fsp3) is 0.241. The fourth-order valence-corrected chi connectivity index (χ4v) is 4.07. The standard InChI is InChI=1S/C29H30N2O2/c1-21-6-4-8-25(16-21)26-9-5-7-23(17-26)13-15-31-14-12-22(2)27-11-10-24(19-33-20-30-3)18-28(27)29(31)32/h4-11,14,16-18,30H,13,15,19-20H2,1-3H3. The molecule has 0 spiro atoms. The normalized spacial score (nSPS) is 13.0. The van der Waals surface area contributed by atoms with Crippen molar-refractivity contribution in [3.05, 3.63) is 106 Å². The van der Waals surface area contributed by atoms with E-state index in [4.69, 9.17) is 4.74 Å². The van der Waals surface area contributed by atoms with Crippen LogP contribution in [0.2, 0.25) is 0 Å². The van der Waals surface area contributed by atoms with Gasteiger partial charge in [-0.15, -0.1) is 0 Å². The van der Waals surface area contributed by atoms with Crippen molar-refractivity contribution in [1.29, 1.82) is 0 Å². The summed E-state index contributed by atoms with van der Waals surface area (Å²) in [6.45, 7) is 5.63. The van der Waals surface area contributed by atoms with Crippen LogP contribution in [0.15, 0.2) is 78.7 Å². The van der Waals surface area contributed by atoms with Crippen LogP contribution >= 0.6 is 0 Å². The zero-order valence-electron chi connectivity index (χ0n) is 19.5. The summed E-state index contributed by atoms with van der Waals surface area (Å²) in [6, 6.07) is 23.0. The maximum Gasteiger partial charge on any atom is 0.258 e. The topological polar surface area (TPSA) is 41.6 Å². The van der Waals surface area contributed by atoms with Crippen LogP contribution < -0.4 is 5.32 Å². The van der Waals surface area contributed by atoms with Gasteiger partial charge in [0.1, 0.15) is 0 Å². The van der Waals surface area contributed by atoms with Gasteiger partial charge in [0, 0.05) is 23.9 Å². The molecule has 0 aliphatic carbocycles. The van der Waals surface area contributed by atoms with E-state index < -0.39 is 0 Å². The van der Waals surface area contributed by atoms with Gasteiger partial charge in [-0.05, 0) is 61.2 Å². The Hall–Kier alpha value is -3.43. The second-order valence-electron chi connectivity index (χ2n) is 8.44. The molecular formula is C29H30N2O2. The van der Waals surface area contributed by atoms with Crippen LogP contribution in [-0.4, -0.2) is 31.1 Å². The van der Waals surface area contributed by atoms with Crippen molar-refractivity contribution >= 4 is 11.5 Å². The highest BCUT2D eigenvalue weighted by Gasteiger charge is 2.21. The summed E-state index contributed by atoms with van der Waals surface area (Å²) in [4.78, 5) is 15.2. The third-order valence-corrected chi connectivity index (χ3v) is 5.85. The Bertz CT molecular complexity index is 1220. The predicted octanol–water partition coefficient (Wildman–Crippen LogP) is 5.57. The molecule has 1 heterocycles. The first-order valence-electron chi connectivity index (χ1n) is 11.3. The molecule has 0 saturated carbocycles. The molecule has 0 saturated heterocycles. The highest BCUT2D eigenvalue weighted by atomic mass is 16.5. The first-order chi connectivity index (χ1) is 16.0. The number of hydrogen-bond donors (Lipinski definition) is 1. The number of carbonyl (C=O) groups excluding carboxylic acids is 1. The minimum atomic E-state index is -0.000319. The van der Waals surface area contributed by atoms with E-state index in [0.29, 0.717) is 25.4 Å². The average Bonchev–Trinajstić information content (AvgIpc) is 2.94. The number of hydrogen-bond acceptors (Lipinski definition) is 3. The summed E-state index contributed by atoms with van der Waals surface area (Å²) in [5, 5.41) is 2.97. The lowest BCUT2D eigenvalue weighted by Gasteiger charge is -2.19. The lowest BCUT2D eigenvalue weighted by atomic mass is 9.98. The van der Waals surface area contributed by atoms with Crippen molar-refractivity contribution in [3.63, 3.8) is 0 Å². The molecule has 0 atom stereocenters. The van der Waals surface area contributed by atoms with Crippen LogP contribution in [-0.2, 0) is 17.8 Å². The van der Waals surface area contributed by atoms with Crippen molar-refractivity contribution in [2.45, 2.75) is 26.9 Å². The first kappa shape index (κ1) is 22.8. The van der Waals surface area contributed by atoms with Crippen molar-refractivity contribution in [2.24, 2.45) is 0 Å². The predicted molar refractivity (Wildman–Crippen MR) is 134 cm³/mol. The Balaban J connectivity index is 1.52. The van der Waals surface area contributed by atoms with Gasteiger partial charge in [0.15, 0.2) is 0 Å². The molecule has 3 aromatic carbocycles. The maximum absolute atomic E-state index is 13.4. The van der Waals surface area contributed by atoms with Crippen molar-refractivity contribution in [1.82, 2.24) is 10.2 Å². The van der Waals surface area contributed by atoms with E-state index in [0.717, 1.165) is 23.1 Å². The van der Waals surface area contributed by atoms with E-state index in [1.165, 1.54) is 22.3 Å². The summed E-state index contributed by atoms with van der Waals surface area (Å²) < 4.78 is 5.57. The Kier molecular flexibility index (Phi) is 7.21. The van der Waals surface area contributed by atoms with Crippen LogP contribution in [0.3, 0.4) is 0 Å². The Morgan fingerprint density at radius 3 is 2.48 bits per heavy atom. The molecule has 1 amide bonds. The molecule has 0 unspecified atom stereocenters. The van der Waals surface area contributed by atoms with Crippen LogP contribution in [0, 0.1) is 6.92 Å². The zero-order chi connectivity index (χ0) is 23.2. The van der Waals surface area contributed by atoms with E-state index in [9.17, 15) is 4.79 Å². The molecule has 0 bridgehead atoms. The molecule has 0 fully saturated rings.